The SMILES string of the molecule is Cc1ccc(-c2nc(C(C)CN)sc2C)cc1. The fourth-order valence-electron chi connectivity index (χ4n) is 1.71. The predicted octanol–water partition coefficient (Wildman–Crippen LogP) is 3.49. The molecule has 3 heteroatoms. The van der Waals surface area contributed by atoms with Crippen molar-refractivity contribution in [3.8, 4) is 11.3 Å². The van der Waals surface area contributed by atoms with Gasteiger partial charge in [-0.1, -0.05) is 36.8 Å². The molecular weight excluding hydrogens is 228 g/mol. The number of hydrogen-bond acceptors (Lipinski definition) is 3. The molecule has 0 radical (unpaired) electrons. The normalized spacial score (nSPS) is 12.7. The highest BCUT2D eigenvalue weighted by Gasteiger charge is 2.13. The lowest BCUT2D eigenvalue weighted by molar-refractivity contribution is 0.766. The molecule has 1 atom stereocenters. The minimum atomic E-state index is 0.345. The van der Waals surface area contributed by atoms with Crippen LogP contribution < -0.4 is 5.73 Å². The highest BCUT2D eigenvalue weighted by Crippen LogP contribution is 2.30. The summed E-state index contributed by atoms with van der Waals surface area (Å²) < 4.78 is 0. The van der Waals surface area contributed by atoms with E-state index in [4.69, 9.17) is 10.7 Å². The Kier molecular flexibility index (Phi) is 3.60. The number of nitrogens with zero attached hydrogens (tertiary/aromatic N) is 1. The Balaban J connectivity index is 2.39. The van der Waals surface area contributed by atoms with E-state index in [1.807, 2.05) is 0 Å². The van der Waals surface area contributed by atoms with Crippen LogP contribution in [0.3, 0.4) is 0 Å². The van der Waals surface area contributed by atoms with Crippen LogP contribution in [0.25, 0.3) is 11.3 Å². The maximum Gasteiger partial charge on any atom is 0.0976 e. The second-order valence-corrected chi connectivity index (χ2v) is 5.69. The van der Waals surface area contributed by atoms with Crippen molar-refractivity contribution < 1.29 is 0 Å². The van der Waals surface area contributed by atoms with E-state index in [0.717, 1.165) is 10.7 Å². The van der Waals surface area contributed by atoms with Crippen LogP contribution in [0.2, 0.25) is 0 Å². The van der Waals surface area contributed by atoms with Crippen LogP contribution in [-0.2, 0) is 0 Å². The molecule has 1 aromatic heterocycles. The third-order valence-electron chi connectivity index (χ3n) is 2.91. The molecule has 2 N–H and O–H groups in total. The molecule has 0 aliphatic rings. The molecule has 0 bridgehead atoms. The fourth-order valence-corrected chi connectivity index (χ4v) is 2.72. The predicted molar refractivity (Wildman–Crippen MR) is 74.5 cm³/mol. The average Bonchev–Trinajstić information content (AvgIpc) is 2.71. The number of benzene rings is 1. The maximum atomic E-state index is 5.69. The van der Waals surface area contributed by atoms with Crippen molar-refractivity contribution in [2.24, 2.45) is 5.73 Å². The maximum absolute atomic E-state index is 5.69. The fraction of sp³-hybridized carbons (Fsp3) is 0.357. The number of rotatable bonds is 3. The largest absolute Gasteiger partial charge is 0.330 e. The summed E-state index contributed by atoms with van der Waals surface area (Å²) in [6.45, 7) is 7.00. The summed E-state index contributed by atoms with van der Waals surface area (Å²) in [4.78, 5) is 5.99. The van der Waals surface area contributed by atoms with Crippen molar-refractivity contribution in [3.63, 3.8) is 0 Å². The average molecular weight is 246 g/mol. The first kappa shape index (κ1) is 12.3. The van der Waals surface area contributed by atoms with Crippen molar-refractivity contribution >= 4 is 11.3 Å². The number of hydrogen-bond donors (Lipinski definition) is 1. The van der Waals surface area contributed by atoms with Crippen molar-refractivity contribution in [3.05, 3.63) is 39.7 Å². The van der Waals surface area contributed by atoms with Gasteiger partial charge in [-0.15, -0.1) is 11.3 Å². The van der Waals surface area contributed by atoms with Gasteiger partial charge in [-0.25, -0.2) is 4.98 Å². The molecule has 17 heavy (non-hydrogen) atoms. The zero-order valence-electron chi connectivity index (χ0n) is 10.5. The minimum absolute atomic E-state index is 0.345. The molecule has 1 aromatic carbocycles. The van der Waals surface area contributed by atoms with E-state index < -0.39 is 0 Å². The van der Waals surface area contributed by atoms with E-state index in [0.29, 0.717) is 12.5 Å². The third-order valence-corrected chi connectivity index (χ3v) is 4.12. The van der Waals surface area contributed by atoms with Gasteiger partial charge >= 0.3 is 0 Å². The first-order valence-electron chi connectivity index (χ1n) is 5.86. The molecular formula is C14H18N2S. The second-order valence-electron chi connectivity index (χ2n) is 4.46. The summed E-state index contributed by atoms with van der Waals surface area (Å²) in [6.07, 6.45) is 0. The summed E-state index contributed by atoms with van der Waals surface area (Å²) in [5.74, 6) is 0.345. The summed E-state index contributed by atoms with van der Waals surface area (Å²) in [7, 11) is 0. The van der Waals surface area contributed by atoms with Gasteiger partial charge in [0.1, 0.15) is 0 Å². The molecule has 90 valence electrons. The van der Waals surface area contributed by atoms with Gasteiger partial charge in [0.25, 0.3) is 0 Å². The lowest BCUT2D eigenvalue weighted by atomic mass is 10.1. The number of nitrogens with two attached hydrogens (primary N) is 1. The molecule has 0 fully saturated rings. The van der Waals surface area contributed by atoms with Crippen LogP contribution in [0.4, 0.5) is 0 Å². The number of thiazole rings is 1. The van der Waals surface area contributed by atoms with Crippen LogP contribution in [-0.4, -0.2) is 11.5 Å². The van der Waals surface area contributed by atoms with Crippen molar-refractivity contribution in [2.45, 2.75) is 26.7 Å². The zero-order valence-corrected chi connectivity index (χ0v) is 11.3. The Morgan fingerprint density at radius 3 is 2.47 bits per heavy atom. The van der Waals surface area contributed by atoms with Gasteiger partial charge in [-0.3, -0.25) is 0 Å². The van der Waals surface area contributed by atoms with Gasteiger partial charge in [0, 0.05) is 22.9 Å². The highest BCUT2D eigenvalue weighted by atomic mass is 32.1. The number of aryl methyl sites for hydroxylation is 2. The van der Waals surface area contributed by atoms with E-state index in [1.54, 1.807) is 11.3 Å². The molecule has 0 spiro atoms. The molecule has 0 amide bonds. The van der Waals surface area contributed by atoms with Gasteiger partial charge in [0.15, 0.2) is 0 Å². The van der Waals surface area contributed by atoms with E-state index >= 15 is 0 Å². The van der Waals surface area contributed by atoms with Crippen molar-refractivity contribution in [1.29, 1.82) is 0 Å². The van der Waals surface area contributed by atoms with E-state index in [-0.39, 0.29) is 0 Å². The third kappa shape index (κ3) is 2.56. The minimum Gasteiger partial charge on any atom is -0.330 e. The van der Waals surface area contributed by atoms with Crippen LogP contribution in [0.1, 0.15) is 28.3 Å². The highest BCUT2D eigenvalue weighted by molar-refractivity contribution is 7.12. The number of aromatic nitrogens is 1. The standard InChI is InChI=1S/C14H18N2S/c1-9-4-6-12(7-5-9)13-11(3)17-14(16-13)10(2)8-15/h4-7,10H,8,15H2,1-3H3. The van der Waals surface area contributed by atoms with Crippen LogP contribution >= 0.6 is 11.3 Å². The molecule has 2 rings (SSSR count). The van der Waals surface area contributed by atoms with Gasteiger partial charge in [-0.05, 0) is 13.8 Å². The van der Waals surface area contributed by atoms with Gasteiger partial charge in [-0.2, -0.15) is 0 Å². The molecule has 0 saturated carbocycles. The topological polar surface area (TPSA) is 38.9 Å². The van der Waals surface area contributed by atoms with E-state index in [9.17, 15) is 0 Å². The molecule has 1 heterocycles. The van der Waals surface area contributed by atoms with E-state index in [2.05, 4.69) is 45.0 Å². The molecule has 2 aromatic rings. The Bertz CT molecular complexity index is 499. The Hall–Kier alpha value is -1.19. The van der Waals surface area contributed by atoms with Crippen LogP contribution in [0.15, 0.2) is 24.3 Å². The lowest BCUT2D eigenvalue weighted by Gasteiger charge is -2.02. The van der Waals surface area contributed by atoms with Gasteiger partial charge in [0.05, 0.1) is 10.7 Å². The first-order chi connectivity index (χ1) is 8.11. The van der Waals surface area contributed by atoms with Crippen molar-refractivity contribution in [2.75, 3.05) is 6.54 Å². The van der Waals surface area contributed by atoms with Gasteiger partial charge in [0.2, 0.25) is 0 Å². The molecule has 0 aliphatic heterocycles. The lowest BCUT2D eigenvalue weighted by Crippen LogP contribution is -2.08. The Labute approximate surface area is 107 Å². The molecule has 0 aliphatic carbocycles. The molecule has 1 unspecified atom stereocenters. The quantitative estimate of drug-likeness (QED) is 0.900. The second kappa shape index (κ2) is 4.98. The molecule has 2 nitrogen and oxygen atoms in total. The summed E-state index contributed by atoms with van der Waals surface area (Å²) in [6, 6.07) is 8.52. The van der Waals surface area contributed by atoms with Crippen LogP contribution in [0, 0.1) is 13.8 Å². The van der Waals surface area contributed by atoms with E-state index in [1.165, 1.54) is 16.0 Å². The Morgan fingerprint density at radius 2 is 1.88 bits per heavy atom. The summed E-state index contributed by atoms with van der Waals surface area (Å²) in [5, 5.41) is 1.14. The zero-order chi connectivity index (χ0) is 12.4. The summed E-state index contributed by atoms with van der Waals surface area (Å²) in [5.41, 5.74) is 9.26. The summed E-state index contributed by atoms with van der Waals surface area (Å²) >= 11 is 1.75. The smallest absolute Gasteiger partial charge is 0.0976 e. The van der Waals surface area contributed by atoms with Gasteiger partial charge < -0.3 is 5.73 Å². The monoisotopic (exact) mass is 246 g/mol. The Morgan fingerprint density at radius 1 is 1.24 bits per heavy atom. The first-order valence-corrected chi connectivity index (χ1v) is 6.68. The van der Waals surface area contributed by atoms with Crippen molar-refractivity contribution in [1.82, 2.24) is 4.98 Å². The molecule has 0 saturated heterocycles. The van der Waals surface area contributed by atoms with Crippen LogP contribution in [0.5, 0.6) is 0 Å².